The number of aryl methyl sites for hydroxylation is 2. The largest absolute Gasteiger partial charge is 0.326 e. The molecule has 1 N–H and O–H groups in total. The van der Waals surface area contributed by atoms with Gasteiger partial charge in [0, 0.05) is 18.2 Å². The molecule has 6 nitrogen and oxygen atoms in total. The van der Waals surface area contributed by atoms with Gasteiger partial charge in [-0.3, -0.25) is 9.59 Å². The van der Waals surface area contributed by atoms with Crippen molar-refractivity contribution in [3.8, 4) is 6.07 Å². The fraction of sp³-hybridized carbons (Fsp3) is 0.200. The molecule has 2 aromatic rings. The highest BCUT2D eigenvalue weighted by Gasteiger charge is 2.05. The number of rotatable bonds is 4. The van der Waals surface area contributed by atoms with Crippen LogP contribution in [0.2, 0.25) is 0 Å². The highest BCUT2D eigenvalue weighted by Crippen LogP contribution is 2.09. The van der Waals surface area contributed by atoms with Gasteiger partial charge in [0.05, 0.1) is 23.9 Å². The van der Waals surface area contributed by atoms with Gasteiger partial charge < -0.3 is 5.32 Å². The van der Waals surface area contributed by atoms with Crippen molar-refractivity contribution in [2.75, 3.05) is 5.32 Å². The van der Waals surface area contributed by atoms with Gasteiger partial charge in [0.2, 0.25) is 5.91 Å². The van der Waals surface area contributed by atoms with E-state index in [4.69, 9.17) is 5.26 Å². The Kier molecular flexibility index (Phi) is 4.46. The van der Waals surface area contributed by atoms with Gasteiger partial charge >= 0.3 is 0 Å². The van der Waals surface area contributed by atoms with Crippen LogP contribution in [-0.2, 0) is 11.3 Å². The third-order valence-corrected chi connectivity index (χ3v) is 2.85. The molecule has 1 aromatic carbocycles. The number of nitriles is 1. The number of aromatic nitrogens is 2. The first-order valence-corrected chi connectivity index (χ1v) is 6.43. The van der Waals surface area contributed by atoms with Gasteiger partial charge in [0.25, 0.3) is 5.56 Å². The standard InChI is InChI=1S/C15H14N4O2/c1-11-2-7-15(21)19(18-11)9-8-14(20)17-13-5-3-12(10-16)4-6-13/h2-7H,8-9H2,1H3,(H,17,20). The maximum atomic E-state index is 11.8. The summed E-state index contributed by atoms with van der Waals surface area (Å²) >= 11 is 0. The molecule has 1 amide bonds. The average Bonchev–Trinajstić information content (AvgIpc) is 2.49. The van der Waals surface area contributed by atoms with E-state index in [0.717, 1.165) is 5.69 Å². The van der Waals surface area contributed by atoms with E-state index in [1.165, 1.54) is 10.7 Å². The second-order valence-corrected chi connectivity index (χ2v) is 4.52. The fourth-order valence-corrected chi connectivity index (χ4v) is 1.77. The maximum Gasteiger partial charge on any atom is 0.266 e. The van der Waals surface area contributed by atoms with Crippen LogP contribution in [0.25, 0.3) is 0 Å². The van der Waals surface area contributed by atoms with Crippen LogP contribution in [0.4, 0.5) is 5.69 Å². The molecule has 0 aliphatic heterocycles. The number of nitrogens with zero attached hydrogens (tertiary/aromatic N) is 3. The van der Waals surface area contributed by atoms with E-state index in [2.05, 4.69) is 10.4 Å². The summed E-state index contributed by atoms with van der Waals surface area (Å²) < 4.78 is 1.27. The van der Waals surface area contributed by atoms with Crippen molar-refractivity contribution in [2.45, 2.75) is 19.9 Å². The van der Waals surface area contributed by atoms with E-state index in [1.54, 1.807) is 37.3 Å². The molecule has 0 unspecified atom stereocenters. The highest BCUT2D eigenvalue weighted by atomic mass is 16.2. The Morgan fingerprint density at radius 2 is 2.00 bits per heavy atom. The zero-order valence-electron chi connectivity index (χ0n) is 11.5. The van der Waals surface area contributed by atoms with Crippen LogP contribution in [-0.4, -0.2) is 15.7 Å². The van der Waals surface area contributed by atoms with Gasteiger partial charge in [-0.05, 0) is 37.3 Å². The molecule has 21 heavy (non-hydrogen) atoms. The van der Waals surface area contributed by atoms with Crippen molar-refractivity contribution in [1.82, 2.24) is 9.78 Å². The van der Waals surface area contributed by atoms with Gasteiger partial charge in [-0.2, -0.15) is 10.4 Å². The highest BCUT2D eigenvalue weighted by molar-refractivity contribution is 5.90. The van der Waals surface area contributed by atoms with E-state index in [-0.39, 0.29) is 24.4 Å². The lowest BCUT2D eigenvalue weighted by molar-refractivity contribution is -0.116. The van der Waals surface area contributed by atoms with Crippen molar-refractivity contribution in [1.29, 1.82) is 5.26 Å². The smallest absolute Gasteiger partial charge is 0.266 e. The van der Waals surface area contributed by atoms with Crippen LogP contribution in [0.5, 0.6) is 0 Å². The zero-order chi connectivity index (χ0) is 15.2. The average molecular weight is 282 g/mol. The third kappa shape index (κ3) is 4.01. The minimum Gasteiger partial charge on any atom is -0.326 e. The van der Waals surface area contributed by atoms with Crippen LogP contribution < -0.4 is 10.9 Å². The summed E-state index contributed by atoms with van der Waals surface area (Å²) in [6, 6.07) is 11.6. The molecule has 0 radical (unpaired) electrons. The molecule has 0 saturated heterocycles. The molecule has 0 aliphatic carbocycles. The number of amides is 1. The summed E-state index contributed by atoms with van der Waals surface area (Å²) in [5.74, 6) is -0.213. The third-order valence-electron chi connectivity index (χ3n) is 2.85. The molecule has 0 fully saturated rings. The number of carbonyl (C=O) groups excluding carboxylic acids is 1. The van der Waals surface area contributed by atoms with Crippen LogP contribution in [0.3, 0.4) is 0 Å². The first kappa shape index (κ1) is 14.5. The van der Waals surface area contributed by atoms with E-state index in [1.807, 2.05) is 6.07 Å². The van der Waals surface area contributed by atoms with E-state index >= 15 is 0 Å². The van der Waals surface area contributed by atoms with Crippen LogP contribution >= 0.6 is 0 Å². The van der Waals surface area contributed by atoms with Gasteiger partial charge in [-0.15, -0.1) is 0 Å². The maximum absolute atomic E-state index is 11.8. The Hall–Kier alpha value is -2.94. The zero-order valence-corrected chi connectivity index (χ0v) is 11.5. The minimum atomic E-state index is -0.230. The lowest BCUT2D eigenvalue weighted by atomic mass is 10.2. The minimum absolute atomic E-state index is 0.149. The number of benzene rings is 1. The number of hydrogen-bond acceptors (Lipinski definition) is 4. The molecular weight excluding hydrogens is 268 g/mol. The van der Waals surface area contributed by atoms with Crippen molar-refractivity contribution in [3.63, 3.8) is 0 Å². The fourth-order valence-electron chi connectivity index (χ4n) is 1.77. The summed E-state index contributed by atoms with van der Waals surface area (Å²) in [5, 5.41) is 15.5. The van der Waals surface area contributed by atoms with E-state index < -0.39 is 0 Å². The molecule has 0 bridgehead atoms. The van der Waals surface area contributed by atoms with Gasteiger partial charge in [0.15, 0.2) is 0 Å². The van der Waals surface area contributed by atoms with Crippen LogP contribution in [0.1, 0.15) is 17.7 Å². The predicted molar refractivity (Wildman–Crippen MR) is 77.6 cm³/mol. The molecule has 1 heterocycles. The van der Waals surface area contributed by atoms with Crippen molar-refractivity contribution in [2.24, 2.45) is 0 Å². The Bertz CT molecular complexity index is 742. The molecule has 0 spiro atoms. The second kappa shape index (κ2) is 6.48. The molecule has 2 rings (SSSR count). The molecule has 0 aliphatic rings. The molecule has 6 heteroatoms. The van der Waals surface area contributed by atoms with E-state index in [9.17, 15) is 9.59 Å². The molecule has 1 aromatic heterocycles. The summed E-state index contributed by atoms with van der Waals surface area (Å²) in [6.07, 6.45) is 0.149. The number of nitrogens with one attached hydrogen (secondary N) is 1. The van der Waals surface area contributed by atoms with Crippen molar-refractivity contribution >= 4 is 11.6 Å². The van der Waals surface area contributed by atoms with Crippen LogP contribution in [0, 0.1) is 18.3 Å². The molecular formula is C15H14N4O2. The number of hydrogen-bond donors (Lipinski definition) is 1. The monoisotopic (exact) mass is 282 g/mol. The molecule has 0 atom stereocenters. The molecule has 106 valence electrons. The SMILES string of the molecule is Cc1ccc(=O)n(CCC(=O)Nc2ccc(C#N)cc2)n1. The predicted octanol–water partition coefficient (Wildman–Crippen LogP) is 1.45. The summed E-state index contributed by atoms with van der Waals surface area (Å²) in [5.41, 5.74) is 1.64. The second-order valence-electron chi connectivity index (χ2n) is 4.52. The first-order chi connectivity index (χ1) is 10.1. The van der Waals surface area contributed by atoms with Gasteiger partial charge in [-0.1, -0.05) is 0 Å². The van der Waals surface area contributed by atoms with E-state index in [0.29, 0.717) is 11.3 Å². The van der Waals surface area contributed by atoms with Gasteiger partial charge in [0.1, 0.15) is 0 Å². The van der Waals surface area contributed by atoms with Crippen LogP contribution in [0.15, 0.2) is 41.2 Å². The lowest BCUT2D eigenvalue weighted by Crippen LogP contribution is -2.25. The summed E-state index contributed by atoms with van der Waals surface area (Å²) in [6.45, 7) is 2.01. The normalized spacial score (nSPS) is 9.90. The van der Waals surface area contributed by atoms with Gasteiger partial charge in [-0.25, -0.2) is 4.68 Å². The topological polar surface area (TPSA) is 87.8 Å². The first-order valence-electron chi connectivity index (χ1n) is 6.43. The lowest BCUT2D eigenvalue weighted by Gasteiger charge is -2.07. The number of carbonyl (C=O) groups is 1. The Balaban J connectivity index is 1.94. The quantitative estimate of drug-likeness (QED) is 0.919. The Labute approximate surface area is 121 Å². The molecule has 0 saturated carbocycles. The summed E-state index contributed by atoms with van der Waals surface area (Å²) in [7, 11) is 0. The Morgan fingerprint density at radius 3 is 2.67 bits per heavy atom. The Morgan fingerprint density at radius 1 is 1.29 bits per heavy atom. The van der Waals surface area contributed by atoms with Crippen molar-refractivity contribution < 1.29 is 4.79 Å². The van der Waals surface area contributed by atoms with Crippen molar-refractivity contribution in [3.05, 3.63) is 58.0 Å². The number of anilines is 1. The summed E-state index contributed by atoms with van der Waals surface area (Å²) in [4.78, 5) is 23.4.